The van der Waals surface area contributed by atoms with Gasteiger partial charge in [0.05, 0.1) is 6.20 Å². The first-order valence-electron chi connectivity index (χ1n) is 6.54. The van der Waals surface area contributed by atoms with Crippen LogP contribution in [0.5, 0.6) is 11.5 Å². The maximum Gasteiger partial charge on any atom is 0.244 e. The zero-order valence-electron chi connectivity index (χ0n) is 11.6. The van der Waals surface area contributed by atoms with Gasteiger partial charge in [-0.25, -0.2) is 0 Å². The highest BCUT2D eigenvalue weighted by atomic mass is 16.7. The molecule has 0 bridgehead atoms. The molecule has 0 atom stereocenters. The molecule has 1 aliphatic heterocycles. The van der Waals surface area contributed by atoms with Crippen LogP contribution in [0, 0.1) is 0 Å². The van der Waals surface area contributed by atoms with E-state index in [1.54, 1.807) is 17.0 Å². The van der Waals surface area contributed by atoms with Crippen LogP contribution >= 0.6 is 0 Å². The lowest BCUT2D eigenvalue weighted by atomic mass is 10.2. The van der Waals surface area contributed by atoms with Crippen LogP contribution in [-0.2, 0) is 18.4 Å². The molecule has 108 valence electrons. The van der Waals surface area contributed by atoms with Crippen LogP contribution in [0.3, 0.4) is 0 Å². The topological polar surface area (TPSA) is 65.4 Å². The van der Waals surface area contributed by atoms with E-state index in [4.69, 9.17) is 9.47 Å². The first-order valence-corrected chi connectivity index (χ1v) is 6.54. The molecule has 0 saturated carbocycles. The molecule has 1 aliphatic rings. The third-order valence-corrected chi connectivity index (χ3v) is 3.06. The number of carbonyl (C=O) groups excluding carboxylic acids is 1. The monoisotopic (exact) mass is 285 g/mol. The smallest absolute Gasteiger partial charge is 0.244 e. The van der Waals surface area contributed by atoms with E-state index in [-0.39, 0.29) is 12.7 Å². The summed E-state index contributed by atoms with van der Waals surface area (Å²) < 4.78 is 12.2. The SMILES string of the molecule is Cn1cc(/C=C/C(=O)NCc2ccc3c(c2)OCO3)cn1. The molecule has 1 aromatic carbocycles. The summed E-state index contributed by atoms with van der Waals surface area (Å²) in [6.45, 7) is 0.686. The highest BCUT2D eigenvalue weighted by molar-refractivity contribution is 5.91. The number of aryl methyl sites for hydroxylation is 1. The van der Waals surface area contributed by atoms with E-state index in [0.717, 1.165) is 16.9 Å². The summed E-state index contributed by atoms with van der Waals surface area (Å²) in [5.74, 6) is 1.30. The van der Waals surface area contributed by atoms with Crippen LogP contribution in [0.4, 0.5) is 0 Å². The predicted octanol–water partition coefficient (Wildman–Crippen LogP) is 1.48. The molecule has 1 aromatic heterocycles. The lowest BCUT2D eigenvalue weighted by molar-refractivity contribution is -0.116. The van der Waals surface area contributed by atoms with Gasteiger partial charge in [-0.3, -0.25) is 9.48 Å². The van der Waals surface area contributed by atoms with Gasteiger partial charge >= 0.3 is 0 Å². The van der Waals surface area contributed by atoms with E-state index in [2.05, 4.69) is 10.4 Å². The van der Waals surface area contributed by atoms with Gasteiger partial charge < -0.3 is 14.8 Å². The molecule has 0 saturated heterocycles. The van der Waals surface area contributed by atoms with Crippen LogP contribution in [0.1, 0.15) is 11.1 Å². The number of rotatable bonds is 4. The number of hydrogen-bond donors (Lipinski definition) is 1. The highest BCUT2D eigenvalue weighted by Gasteiger charge is 2.13. The molecule has 21 heavy (non-hydrogen) atoms. The molecule has 6 nitrogen and oxygen atoms in total. The van der Waals surface area contributed by atoms with Crippen molar-refractivity contribution >= 4 is 12.0 Å². The number of aromatic nitrogens is 2. The van der Waals surface area contributed by atoms with Crippen molar-refractivity contribution in [2.24, 2.45) is 7.05 Å². The van der Waals surface area contributed by atoms with Crippen LogP contribution in [0.25, 0.3) is 6.08 Å². The zero-order chi connectivity index (χ0) is 14.7. The number of carbonyl (C=O) groups is 1. The van der Waals surface area contributed by atoms with Crippen molar-refractivity contribution in [3.05, 3.63) is 47.8 Å². The summed E-state index contributed by atoms with van der Waals surface area (Å²) in [7, 11) is 1.83. The molecule has 3 rings (SSSR count). The summed E-state index contributed by atoms with van der Waals surface area (Å²) in [5, 5.41) is 6.85. The van der Waals surface area contributed by atoms with Crippen LogP contribution < -0.4 is 14.8 Å². The highest BCUT2D eigenvalue weighted by Crippen LogP contribution is 2.32. The Hall–Kier alpha value is -2.76. The number of fused-ring (bicyclic) bond motifs is 1. The minimum absolute atomic E-state index is 0.156. The van der Waals surface area contributed by atoms with Gasteiger partial charge in [0.15, 0.2) is 11.5 Å². The van der Waals surface area contributed by atoms with E-state index in [0.29, 0.717) is 12.3 Å². The molecule has 1 N–H and O–H groups in total. The van der Waals surface area contributed by atoms with Crippen LogP contribution in [0.2, 0.25) is 0 Å². The van der Waals surface area contributed by atoms with Gasteiger partial charge in [-0.2, -0.15) is 5.10 Å². The Bertz CT molecular complexity index is 691. The molecular formula is C15H15N3O3. The summed E-state index contributed by atoms with van der Waals surface area (Å²) in [4.78, 5) is 11.7. The van der Waals surface area contributed by atoms with Crippen molar-refractivity contribution in [2.45, 2.75) is 6.54 Å². The summed E-state index contributed by atoms with van der Waals surface area (Å²) in [6, 6.07) is 5.61. The number of benzene rings is 1. The largest absolute Gasteiger partial charge is 0.454 e. The Morgan fingerprint density at radius 3 is 3.10 bits per heavy atom. The molecule has 0 aliphatic carbocycles. The van der Waals surface area contributed by atoms with Crippen LogP contribution in [-0.4, -0.2) is 22.5 Å². The van der Waals surface area contributed by atoms with Gasteiger partial charge in [0.25, 0.3) is 0 Å². The van der Waals surface area contributed by atoms with Gasteiger partial charge in [-0.1, -0.05) is 6.07 Å². The second-order valence-electron chi connectivity index (χ2n) is 4.69. The minimum atomic E-state index is -0.156. The van der Waals surface area contributed by atoms with Crippen molar-refractivity contribution in [3.63, 3.8) is 0 Å². The number of amides is 1. The van der Waals surface area contributed by atoms with E-state index < -0.39 is 0 Å². The van der Waals surface area contributed by atoms with Gasteiger partial charge in [0.2, 0.25) is 12.7 Å². The lowest BCUT2D eigenvalue weighted by Gasteiger charge is -2.03. The third kappa shape index (κ3) is 3.22. The quantitative estimate of drug-likeness (QED) is 0.864. The summed E-state index contributed by atoms with van der Waals surface area (Å²) >= 11 is 0. The number of nitrogens with zero attached hydrogens (tertiary/aromatic N) is 2. The zero-order valence-corrected chi connectivity index (χ0v) is 11.6. The second-order valence-corrected chi connectivity index (χ2v) is 4.69. The van der Waals surface area contributed by atoms with E-state index in [1.165, 1.54) is 6.08 Å². The first kappa shape index (κ1) is 13.2. The fraction of sp³-hybridized carbons (Fsp3) is 0.200. The molecule has 0 unspecified atom stereocenters. The molecule has 2 aromatic rings. The molecular weight excluding hydrogens is 270 g/mol. The molecule has 6 heteroatoms. The Labute approximate surface area is 122 Å². The lowest BCUT2D eigenvalue weighted by Crippen LogP contribution is -2.20. The standard InChI is InChI=1S/C15H15N3O3/c1-18-9-12(8-17-18)3-5-15(19)16-7-11-2-4-13-14(6-11)21-10-20-13/h2-6,8-9H,7,10H2,1H3,(H,16,19)/b5-3+. The molecule has 0 radical (unpaired) electrons. The van der Waals surface area contributed by atoms with Crippen molar-refractivity contribution in [1.29, 1.82) is 0 Å². The van der Waals surface area contributed by atoms with Gasteiger partial charge in [0, 0.05) is 31.4 Å². The van der Waals surface area contributed by atoms with Gasteiger partial charge in [-0.15, -0.1) is 0 Å². The normalized spacial score (nSPS) is 12.8. The fourth-order valence-electron chi connectivity index (χ4n) is 2.00. The van der Waals surface area contributed by atoms with Crippen LogP contribution in [0.15, 0.2) is 36.7 Å². The molecule has 1 amide bonds. The Morgan fingerprint density at radius 1 is 1.43 bits per heavy atom. The van der Waals surface area contributed by atoms with E-state index in [1.807, 2.05) is 31.4 Å². The Morgan fingerprint density at radius 2 is 2.29 bits per heavy atom. The number of ether oxygens (including phenoxy) is 2. The Balaban J connectivity index is 1.55. The third-order valence-electron chi connectivity index (χ3n) is 3.06. The van der Waals surface area contributed by atoms with Gasteiger partial charge in [0.1, 0.15) is 0 Å². The molecule has 0 spiro atoms. The van der Waals surface area contributed by atoms with Crippen molar-refractivity contribution < 1.29 is 14.3 Å². The van der Waals surface area contributed by atoms with Crippen molar-refractivity contribution in [2.75, 3.05) is 6.79 Å². The van der Waals surface area contributed by atoms with Crippen molar-refractivity contribution in [1.82, 2.24) is 15.1 Å². The number of nitrogens with one attached hydrogen (secondary N) is 1. The molecule has 0 fully saturated rings. The molecule has 2 heterocycles. The van der Waals surface area contributed by atoms with Gasteiger partial charge in [-0.05, 0) is 23.8 Å². The minimum Gasteiger partial charge on any atom is -0.454 e. The van der Waals surface area contributed by atoms with Crippen molar-refractivity contribution in [3.8, 4) is 11.5 Å². The average Bonchev–Trinajstić information content (AvgIpc) is 3.10. The Kier molecular flexibility index (Phi) is 3.59. The average molecular weight is 285 g/mol. The van der Waals surface area contributed by atoms with E-state index >= 15 is 0 Å². The maximum absolute atomic E-state index is 11.7. The second kappa shape index (κ2) is 5.70. The maximum atomic E-state index is 11.7. The van der Waals surface area contributed by atoms with E-state index in [9.17, 15) is 4.79 Å². The summed E-state index contributed by atoms with van der Waals surface area (Å²) in [6.07, 6.45) is 6.75. The number of hydrogen-bond acceptors (Lipinski definition) is 4. The predicted molar refractivity (Wildman–Crippen MR) is 76.7 cm³/mol. The summed E-state index contributed by atoms with van der Waals surface area (Å²) in [5.41, 5.74) is 1.85. The fourth-order valence-corrected chi connectivity index (χ4v) is 2.00. The first-order chi connectivity index (χ1) is 10.2.